The van der Waals surface area contributed by atoms with E-state index in [2.05, 4.69) is 10.2 Å². The third-order valence-corrected chi connectivity index (χ3v) is 4.68. The molecule has 1 aliphatic heterocycles. The van der Waals surface area contributed by atoms with Gasteiger partial charge in [0.2, 0.25) is 5.91 Å². The maximum Gasteiger partial charge on any atom is 0.290 e. The summed E-state index contributed by atoms with van der Waals surface area (Å²) < 4.78 is 0. The smallest absolute Gasteiger partial charge is 0.290 e. The second-order valence-corrected chi connectivity index (χ2v) is 7.35. The molecule has 23 heavy (non-hydrogen) atoms. The lowest BCUT2D eigenvalue weighted by Crippen LogP contribution is -2.44. The zero-order chi connectivity index (χ0) is 17.3. The van der Waals surface area contributed by atoms with E-state index in [0.717, 1.165) is 45.4 Å². The summed E-state index contributed by atoms with van der Waals surface area (Å²) in [5.74, 6) is 1.14. The van der Waals surface area contributed by atoms with Crippen LogP contribution >= 0.6 is 0 Å². The first-order valence-corrected chi connectivity index (χ1v) is 8.66. The number of carbonyl (C=O) groups excluding carboxylic acids is 1. The molecule has 2 fully saturated rings. The van der Waals surface area contributed by atoms with Crippen molar-refractivity contribution in [3.05, 3.63) is 0 Å². The van der Waals surface area contributed by atoms with Gasteiger partial charge in [-0.15, -0.1) is 0 Å². The van der Waals surface area contributed by atoms with E-state index in [0.29, 0.717) is 11.8 Å². The van der Waals surface area contributed by atoms with Crippen LogP contribution in [0.25, 0.3) is 0 Å². The van der Waals surface area contributed by atoms with Crippen molar-refractivity contribution in [1.82, 2.24) is 10.2 Å². The fourth-order valence-corrected chi connectivity index (χ4v) is 3.01. The number of nitrogens with zero attached hydrogens (tertiary/aromatic N) is 1. The molecule has 6 nitrogen and oxygen atoms in total. The molecule has 1 aliphatic carbocycles. The molecule has 0 spiro atoms. The molecule has 1 heterocycles. The molecule has 1 saturated carbocycles. The Balaban J connectivity index is 0.000000816. The van der Waals surface area contributed by atoms with Gasteiger partial charge in [-0.2, -0.15) is 0 Å². The van der Waals surface area contributed by atoms with Gasteiger partial charge in [0.15, 0.2) is 0 Å². The van der Waals surface area contributed by atoms with Crippen LogP contribution in [-0.4, -0.2) is 59.3 Å². The summed E-state index contributed by atoms with van der Waals surface area (Å²) >= 11 is 0. The van der Waals surface area contributed by atoms with E-state index < -0.39 is 5.60 Å². The van der Waals surface area contributed by atoms with E-state index >= 15 is 0 Å². The molecular weight excluding hydrogens is 296 g/mol. The van der Waals surface area contributed by atoms with E-state index in [1.54, 1.807) is 0 Å². The third kappa shape index (κ3) is 8.32. The quantitative estimate of drug-likeness (QED) is 0.643. The van der Waals surface area contributed by atoms with E-state index in [-0.39, 0.29) is 12.4 Å². The Kier molecular flexibility index (Phi) is 8.55. The molecule has 2 rings (SSSR count). The van der Waals surface area contributed by atoms with Crippen molar-refractivity contribution < 1.29 is 19.8 Å². The summed E-state index contributed by atoms with van der Waals surface area (Å²) in [6.07, 6.45) is 6.60. The van der Waals surface area contributed by atoms with Crippen molar-refractivity contribution in [2.24, 2.45) is 11.8 Å². The number of hydrogen-bond donors (Lipinski definition) is 3. The number of likely N-dealkylation sites (tertiary alicyclic amines) is 1. The van der Waals surface area contributed by atoms with E-state index in [1.165, 1.54) is 19.3 Å². The number of carbonyl (C=O) groups is 2. The van der Waals surface area contributed by atoms with Crippen LogP contribution in [0.5, 0.6) is 0 Å². The minimum Gasteiger partial charge on any atom is -0.483 e. The Hall–Kier alpha value is -1.14. The van der Waals surface area contributed by atoms with E-state index in [4.69, 9.17) is 9.90 Å². The summed E-state index contributed by atoms with van der Waals surface area (Å²) in [7, 11) is 0. The molecule has 1 saturated heterocycles. The van der Waals surface area contributed by atoms with Crippen LogP contribution in [-0.2, 0) is 9.59 Å². The first-order valence-electron chi connectivity index (χ1n) is 8.66. The van der Waals surface area contributed by atoms with E-state index in [9.17, 15) is 9.90 Å². The Morgan fingerprint density at radius 1 is 1.30 bits per heavy atom. The summed E-state index contributed by atoms with van der Waals surface area (Å²) in [5.41, 5.74) is -0.578. The number of aliphatic hydroxyl groups is 1. The minimum atomic E-state index is -0.578. The summed E-state index contributed by atoms with van der Waals surface area (Å²) in [5, 5.41) is 19.8. The Bertz CT molecular complexity index is 364. The fraction of sp³-hybridized carbons (Fsp3) is 0.882. The molecule has 0 bridgehead atoms. The van der Waals surface area contributed by atoms with Crippen LogP contribution in [0.2, 0.25) is 0 Å². The van der Waals surface area contributed by atoms with Crippen molar-refractivity contribution in [3.8, 4) is 0 Å². The second kappa shape index (κ2) is 9.88. The number of hydrogen-bond acceptors (Lipinski definition) is 4. The van der Waals surface area contributed by atoms with Crippen LogP contribution in [0.4, 0.5) is 0 Å². The predicted octanol–water partition coefficient (Wildman–Crippen LogP) is 1.48. The molecule has 0 aromatic heterocycles. The van der Waals surface area contributed by atoms with Gasteiger partial charge in [0.1, 0.15) is 0 Å². The normalized spacial score (nSPS) is 22.5. The van der Waals surface area contributed by atoms with Crippen LogP contribution in [0.15, 0.2) is 0 Å². The van der Waals surface area contributed by atoms with Crippen molar-refractivity contribution in [1.29, 1.82) is 0 Å². The maximum absolute atomic E-state index is 11.8. The first kappa shape index (κ1) is 19.9. The van der Waals surface area contributed by atoms with Gasteiger partial charge in [-0.25, -0.2) is 0 Å². The summed E-state index contributed by atoms with van der Waals surface area (Å²) in [4.78, 5) is 22.6. The Labute approximate surface area is 139 Å². The number of piperidine rings is 1. The highest BCUT2D eigenvalue weighted by Gasteiger charge is 2.27. The molecule has 0 radical (unpaired) electrons. The van der Waals surface area contributed by atoms with Crippen LogP contribution in [0.1, 0.15) is 52.4 Å². The Morgan fingerprint density at radius 3 is 2.48 bits per heavy atom. The van der Waals surface area contributed by atoms with Gasteiger partial charge in [-0.1, -0.05) is 6.42 Å². The van der Waals surface area contributed by atoms with Gasteiger partial charge in [0.05, 0.1) is 5.60 Å². The lowest BCUT2D eigenvalue weighted by molar-refractivity contribution is -0.127. The maximum atomic E-state index is 11.8. The molecule has 2 aliphatic rings. The summed E-state index contributed by atoms with van der Waals surface area (Å²) in [6.45, 7) is 7.45. The average molecular weight is 328 g/mol. The standard InChI is InChI=1S/C16H30N2O2.CH2O2/c1-16(2,20)8-10-18-9-4-5-13(12-18)11-17-15(19)14-6-3-7-14;2-1-3/h13-14,20H,3-12H2,1-2H3,(H,17,19);1H,(H,2,3). The zero-order valence-electron chi connectivity index (χ0n) is 14.5. The fourth-order valence-electron chi connectivity index (χ4n) is 3.01. The number of nitrogens with one attached hydrogen (secondary N) is 1. The molecule has 1 amide bonds. The molecule has 1 atom stereocenters. The topological polar surface area (TPSA) is 89.9 Å². The highest BCUT2D eigenvalue weighted by Crippen LogP contribution is 2.26. The molecule has 6 heteroatoms. The third-order valence-electron chi connectivity index (χ3n) is 4.68. The van der Waals surface area contributed by atoms with E-state index in [1.807, 2.05) is 13.8 Å². The van der Waals surface area contributed by atoms with Gasteiger partial charge < -0.3 is 20.4 Å². The SMILES string of the molecule is CC(C)(O)CCN1CCCC(CNC(=O)C2CCC2)C1.O=CO. The van der Waals surface area contributed by atoms with Crippen molar-refractivity contribution in [3.63, 3.8) is 0 Å². The van der Waals surface area contributed by atoms with Gasteiger partial charge in [0.25, 0.3) is 6.47 Å². The lowest BCUT2D eigenvalue weighted by atomic mass is 9.84. The van der Waals surface area contributed by atoms with Crippen LogP contribution < -0.4 is 5.32 Å². The Morgan fingerprint density at radius 2 is 1.96 bits per heavy atom. The average Bonchev–Trinajstić information content (AvgIpc) is 2.42. The van der Waals surface area contributed by atoms with Crippen LogP contribution in [0.3, 0.4) is 0 Å². The molecule has 0 aromatic carbocycles. The van der Waals surface area contributed by atoms with Gasteiger partial charge in [0, 0.05) is 25.6 Å². The minimum absolute atomic E-state index is 0.250. The number of carboxylic acid groups (broad SMARTS) is 1. The molecule has 0 aromatic rings. The molecular formula is C17H32N2O4. The monoisotopic (exact) mass is 328 g/mol. The largest absolute Gasteiger partial charge is 0.483 e. The van der Waals surface area contributed by atoms with Gasteiger partial charge >= 0.3 is 0 Å². The van der Waals surface area contributed by atoms with Crippen LogP contribution in [0, 0.1) is 11.8 Å². The van der Waals surface area contributed by atoms with Gasteiger partial charge in [-0.3, -0.25) is 9.59 Å². The molecule has 3 N–H and O–H groups in total. The highest BCUT2D eigenvalue weighted by molar-refractivity contribution is 5.79. The van der Waals surface area contributed by atoms with Gasteiger partial charge in [-0.05, 0) is 58.4 Å². The van der Waals surface area contributed by atoms with Crippen molar-refractivity contribution in [2.75, 3.05) is 26.2 Å². The highest BCUT2D eigenvalue weighted by atomic mass is 16.3. The second-order valence-electron chi connectivity index (χ2n) is 7.35. The molecule has 134 valence electrons. The lowest BCUT2D eigenvalue weighted by Gasteiger charge is -2.34. The van der Waals surface area contributed by atoms with Crippen molar-refractivity contribution >= 4 is 12.4 Å². The predicted molar refractivity (Wildman–Crippen MR) is 89.1 cm³/mol. The first-order chi connectivity index (χ1) is 10.9. The number of rotatable bonds is 6. The van der Waals surface area contributed by atoms with Crippen molar-refractivity contribution in [2.45, 2.75) is 58.0 Å². The number of amides is 1. The molecule has 1 unspecified atom stereocenters. The summed E-state index contributed by atoms with van der Waals surface area (Å²) in [6, 6.07) is 0. The zero-order valence-corrected chi connectivity index (χ0v) is 14.5.